The summed E-state index contributed by atoms with van der Waals surface area (Å²) in [7, 11) is 1.23. The second-order valence-electron chi connectivity index (χ2n) is 14.2. The summed E-state index contributed by atoms with van der Waals surface area (Å²) in [5.41, 5.74) is 4.61. The molecule has 7 rings (SSSR count). The fourth-order valence-electron chi connectivity index (χ4n) is 8.01. The zero-order valence-corrected chi connectivity index (χ0v) is 29.3. The molecule has 2 aromatic carbocycles. The van der Waals surface area contributed by atoms with E-state index in [1.165, 1.54) is 41.9 Å². The summed E-state index contributed by atoms with van der Waals surface area (Å²) in [4.78, 5) is 60.5. The van der Waals surface area contributed by atoms with Crippen LogP contribution in [0.1, 0.15) is 87.7 Å². The average molecular weight is 677 g/mol. The lowest BCUT2D eigenvalue weighted by Crippen LogP contribution is -2.42. The minimum absolute atomic E-state index is 0.174. The average Bonchev–Trinajstić information content (AvgIpc) is 3.18. The third-order valence-electron chi connectivity index (χ3n) is 11.0. The van der Waals surface area contributed by atoms with Crippen LogP contribution >= 0.6 is 0 Å². The number of carbonyl (C=O) groups is 4. The van der Waals surface area contributed by atoms with E-state index in [4.69, 9.17) is 0 Å². The van der Waals surface area contributed by atoms with Crippen LogP contribution in [0.25, 0.3) is 21.8 Å². The van der Waals surface area contributed by atoms with Crippen LogP contribution < -0.4 is 0 Å². The van der Waals surface area contributed by atoms with Crippen molar-refractivity contribution in [3.05, 3.63) is 84.2 Å². The number of carbonyl (C=O) groups excluding carboxylic acids is 4. The van der Waals surface area contributed by atoms with Crippen molar-refractivity contribution in [2.75, 3.05) is 33.3 Å². The van der Waals surface area contributed by atoms with E-state index in [-0.39, 0.29) is 11.7 Å². The third kappa shape index (κ3) is 8.20. The molecule has 0 bridgehead atoms. The molecule has 1 aliphatic carbocycles. The van der Waals surface area contributed by atoms with E-state index < -0.39 is 11.9 Å². The Hall–Kier alpha value is -4.66. The number of methoxy groups -OCH3 is 1. The number of pyridine rings is 2. The molecule has 0 spiro atoms. The third-order valence-corrected chi connectivity index (χ3v) is 11.0. The number of ether oxygens (including phenoxy) is 1. The van der Waals surface area contributed by atoms with Crippen LogP contribution in [0.4, 0.5) is 0 Å². The molecule has 9 nitrogen and oxygen atoms in total. The first-order valence-corrected chi connectivity index (χ1v) is 18.2. The summed E-state index contributed by atoms with van der Waals surface area (Å²) < 4.78 is 4.50. The van der Waals surface area contributed by atoms with Crippen LogP contribution in [-0.2, 0) is 23.9 Å². The largest absolute Gasteiger partial charge is 0.462 e. The van der Waals surface area contributed by atoms with Gasteiger partial charge >= 0.3 is 11.9 Å². The number of rotatable bonds is 5. The first-order chi connectivity index (χ1) is 24.3. The lowest BCUT2D eigenvalue weighted by Gasteiger charge is -2.33. The summed E-state index contributed by atoms with van der Waals surface area (Å²) in [6, 6.07) is 20.5. The second-order valence-corrected chi connectivity index (χ2v) is 14.2. The van der Waals surface area contributed by atoms with E-state index in [0.717, 1.165) is 55.5 Å². The Morgan fingerprint density at radius 3 is 1.58 bits per heavy atom. The van der Waals surface area contributed by atoms with E-state index in [1.54, 1.807) is 9.80 Å². The predicted octanol–water partition coefficient (Wildman–Crippen LogP) is 6.84. The van der Waals surface area contributed by atoms with Crippen molar-refractivity contribution in [2.45, 2.75) is 76.5 Å². The Bertz CT molecular complexity index is 1810. The Balaban J connectivity index is 0.000000178. The van der Waals surface area contributed by atoms with Gasteiger partial charge in [0.15, 0.2) is 0 Å². The van der Waals surface area contributed by atoms with Crippen molar-refractivity contribution in [3.8, 4) is 0 Å². The highest BCUT2D eigenvalue weighted by molar-refractivity contribution is 6.36. The molecule has 262 valence electrons. The maximum atomic E-state index is 12.7. The van der Waals surface area contributed by atoms with E-state index >= 15 is 0 Å². The number of esters is 1. The number of amides is 2. The Kier molecular flexibility index (Phi) is 11.5. The Labute approximate surface area is 294 Å². The van der Waals surface area contributed by atoms with Gasteiger partial charge in [-0.3, -0.25) is 24.4 Å². The van der Waals surface area contributed by atoms with Crippen LogP contribution in [0.2, 0.25) is 0 Å². The molecule has 2 saturated heterocycles. The number of hydrogen-bond acceptors (Lipinski definition) is 7. The Morgan fingerprint density at radius 1 is 0.640 bits per heavy atom. The van der Waals surface area contributed by atoms with Crippen molar-refractivity contribution >= 4 is 45.4 Å². The molecule has 2 aromatic heterocycles. The molecule has 0 N–H and O–H groups in total. The zero-order valence-electron chi connectivity index (χ0n) is 29.3. The van der Waals surface area contributed by atoms with E-state index in [2.05, 4.69) is 52.0 Å². The number of Topliss-reactive ketones (excluding diaryl/α,β-unsaturated/α-hetero) is 1. The van der Waals surface area contributed by atoms with Crippen molar-refractivity contribution in [1.82, 2.24) is 19.8 Å². The maximum absolute atomic E-state index is 12.7. The van der Waals surface area contributed by atoms with Crippen molar-refractivity contribution in [1.29, 1.82) is 0 Å². The predicted molar refractivity (Wildman–Crippen MR) is 193 cm³/mol. The van der Waals surface area contributed by atoms with Crippen molar-refractivity contribution in [3.63, 3.8) is 0 Å². The normalized spacial score (nSPS) is 20.2. The van der Waals surface area contributed by atoms with Crippen LogP contribution in [0.5, 0.6) is 0 Å². The van der Waals surface area contributed by atoms with Crippen LogP contribution in [0, 0.1) is 11.8 Å². The van der Waals surface area contributed by atoms with Gasteiger partial charge in [-0.05, 0) is 97.6 Å². The van der Waals surface area contributed by atoms with Crippen LogP contribution in [0.15, 0.2) is 73.1 Å². The topological polar surface area (TPSA) is 110 Å². The fourth-order valence-corrected chi connectivity index (χ4v) is 8.01. The summed E-state index contributed by atoms with van der Waals surface area (Å²) in [5.74, 6) is 0.234. The maximum Gasteiger partial charge on any atom is 0.396 e. The van der Waals surface area contributed by atoms with Gasteiger partial charge in [-0.2, -0.15) is 0 Å². The number of likely N-dealkylation sites (tertiary alicyclic amines) is 2. The van der Waals surface area contributed by atoms with E-state index in [0.29, 0.717) is 50.4 Å². The molecule has 3 fully saturated rings. The van der Waals surface area contributed by atoms with Gasteiger partial charge in [0.1, 0.15) is 0 Å². The van der Waals surface area contributed by atoms with Crippen molar-refractivity contribution < 1.29 is 23.9 Å². The molecular weight excluding hydrogens is 628 g/mol. The molecule has 0 unspecified atom stereocenters. The number of benzene rings is 2. The molecule has 1 saturated carbocycles. The molecule has 4 aromatic rings. The summed E-state index contributed by atoms with van der Waals surface area (Å²) in [5, 5.41) is 2.38. The minimum Gasteiger partial charge on any atom is -0.462 e. The first kappa shape index (κ1) is 35.2. The summed E-state index contributed by atoms with van der Waals surface area (Å²) in [6.45, 7) is 4.78. The number of aromatic nitrogens is 2. The molecule has 3 aliphatic rings. The molecule has 2 aliphatic heterocycles. The van der Waals surface area contributed by atoms with Gasteiger partial charge in [0.25, 0.3) is 5.91 Å². The molecule has 2 amide bonds. The molecule has 50 heavy (non-hydrogen) atoms. The van der Waals surface area contributed by atoms with Gasteiger partial charge in [-0.25, -0.2) is 4.79 Å². The highest BCUT2D eigenvalue weighted by atomic mass is 16.5. The molecule has 4 heterocycles. The number of ketones is 1. The molecule has 0 atom stereocenters. The molecule has 0 radical (unpaired) electrons. The number of piperidine rings is 2. The van der Waals surface area contributed by atoms with Gasteiger partial charge in [-0.1, -0.05) is 56.2 Å². The lowest BCUT2D eigenvalue weighted by molar-refractivity contribution is -0.158. The minimum atomic E-state index is -0.784. The number of para-hydroxylation sites is 2. The number of fused-ring (bicyclic) bond motifs is 2. The molecule has 9 heteroatoms. The Morgan fingerprint density at radius 2 is 1.10 bits per heavy atom. The van der Waals surface area contributed by atoms with Gasteiger partial charge in [0.05, 0.1) is 18.1 Å². The van der Waals surface area contributed by atoms with Crippen LogP contribution in [-0.4, -0.2) is 76.6 Å². The number of hydrogen-bond donors (Lipinski definition) is 0. The van der Waals surface area contributed by atoms with Gasteiger partial charge < -0.3 is 14.5 Å². The smallest absolute Gasteiger partial charge is 0.396 e. The van der Waals surface area contributed by atoms with Gasteiger partial charge in [0.2, 0.25) is 5.78 Å². The SMILES string of the molecule is CC1CCC(CC(=O)C(=O)N2CCC(c3ccnc4ccccc34)CC2)CC1.COC(=O)C(=O)N1CCC(c2ccnc3ccccc23)CC1. The standard InChI is InChI=1S/C24H30N2O2.C17H18N2O3/c1-17-6-8-18(9-7-17)16-23(27)24(28)26-14-11-19(12-15-26)20-10-13-25-22-5-3-2-4-21(20)22;1-22-17(21)16(20)19-10-7-12(8-11-19)13-6-9-18-15-5-3-2-4-14(13)15/h2-5,10,13,17-19H,6-9,11-12,14-16H2,1H3;2-6,9,12H,7-8,10-11H2,1H3. The lowest BCUT2D eigenvalue weighted by atomic mass is 9.80. The van der Waals surface area contributed by atoms with E-state index in [1.807, 2.05) is 42.7 Å². The fraction of sp³-hybridized carbons (Fsp3) is 0.463. The van der Waals surface area contributed by atoms with E-state index in [9.17, 15) is 19.2 Å². The highest BCUT2D eigenvalue weighted by Crippen LogP contribution is 2.34. The number of nitrogens with zero attached hydrogens (tertiary/aromatic N) is 4. The monoisotopic (exact) mass is 676 g/mol. The highest BCUT2D eigenvalue weighted by Gasteiger charge is 2.31. The second kappa shape index (κ2) is 16.4. The molecular formula is C41H48N4O5. The summed E-state index contributed by atoms with van der Waals surface area (Å²) in [6.07, 6.45) is 12.2. The van der Waals surface area contributed by atoms with Crippen LogP contribution in [0.3, 0.4) is 0 Å². The first-order valence-electron chi connectivity index (χ1n) is 18.2. The zero-order chi connectivity index (χ0) is 35.0. The summed E-state index contributed by atoms with van der Waals surface area (Å²) >= 11 is 0. The quantitative estimate of drug-likeness (QED) is 0.168. The van der Waals surface area contributed by atoms with Crippen molar-refractivity contribution in [2.24, 2.45) is 11.8 Å². The van der Waals surface area contributed by atoms with Gasteiger partial charge in [0, 0.05) is 55.8 Å². The van der Waals surface area contributed by atoms with Gasteiger partial charge in [-0.15, -0.1) is 0 Å².